The molecule has 3 rings (SSSR count). The zero-order valence-electron chi connectivity index (χ0n) is 16.6. The summed E-state index contributed by atoms with van der Waals surface area (Å²) < 4.78 is 11.0. The lowest BCUT2D eigenvalue weighted by Gasteiger charge is -2.12. The molecule has 7 heteroatoms. The summed E-state index contributed by atoms with van der Waals surface area (Å²) in [5.74, 6) is 0.364. The van der Waals surface area contributed by atoms with Gasteiger partial charge in [-0.3, -0.25) is 9.59 Å². The summed E-state index contributed by atoms with van der Waals surface area (Å²) in [6.07, 6.45) is 0. The van der Waals surface area contributed by atoms with Crippen molar-refractivity contribution in [3.05, 3.63) is 83.9 Å². The Morgan fingerprint density at radius 1 is 0.800 bits per heavy atom. The van der Waals surface area contributed by atoms with Crippen LogP contribution < -0.4 is 15.4 Å². The Hall–Kier alpha value is -3.71. The topological polar surface area (TPSA) is 89.6 Å². The highest BCUT2D eigenvalue weighted by atomic mass is 16.5. The number of pyridine rings is 1. The molecule has 7 nitrogen and oxygen atoms in total. The minimum atomic E-state index is -0.310. The summed E-state index contributed by atoms with van der Waals surface area (Å²) >= 11 is 0. The first-order chi connectivity index (χ1) is 14.7. The Morgan fingerprint density at radius 2 is 1.30 bits per heavy atom. The number of rotatable bonds is 9. The largest absolute Gasteiger partial charge is 0.491 e. The van der Waals surface area contributed by atoms with Crippen LogP contribution >= 0.6 is 0 Å². The first-order valence-electron chi connectivity index (χ1n) is 9.61. The van der Waals surface area contributed by atoms with E-state index >= 15 is 0 Å². The van der Waals surface area contributed by atoms with Crippen molar-refractivity contribution in [3.8, 4) is 5.75 Å². The maximum absolute atomic E-state index is 12.5. The molecule has 2 amide bonds. The van der Waals surface area contributed by atoms with E-state index in [1.165, 1.54) is 0 Å². The van der Waals surface area contributed by atoms with E-state index < -0.39 is 0 Å². The molecule has 0 radical (unpaired) electrons. The van der Waals surface area contributed by atoms with Gasteiger partial charge in [0, 0.05) is 29.9 Å². The molecule has 154 valence electrons. The van der Waals surface area contributed by atoms with Gasteiger partial charge in [-0.05, 0) is 31.2 Å². The quantitative estimate of drug-likeness (QED) is 0.525. The Bertz CT molecular complexity index is 907. The van der Waals surface area contributed by atoms with Crippen LogP contribution in [0.5, 0.6) is 5.75 Å². The van der Waals surface area contributed by atoms with Crippen molar-refractivity contribution in [3.63, 3.8) is 0 Å². The van der Waals surface area contributed by atoms with E-state index in [1.54, 1.807) is 60.7 Å². The van der Waals surface area contributed by atoms with Crippen LogP contribution in [0.2, 0.25) is 0 Å². The molecule has 0 saturated carbocycles. The predicted molar refractivity (Wildman–Crippen MR) is 115 cm³/mol. The fourth-order valence-corrected chi connectivity index (χ4v) is 2.64. The second-order valence-electron chi connectivity index (χ2n) is 6.26. The number of nitrogens with one attached hydrogen (secondary N) is 2. The van der Waals surface area contributed by atoms with E-state index in [0.717, 1.165) is 0 Å². The van der Waals surface area contributed by atoms with Crippen molar-refractivity contribution in [2.24, 2.45) is 0 Å². The highest BCUT2D eigenvalue weighted by Gasteiger charge is 2.12. The van der Waals surface area contributed by atoms with Crippen LogP contribution in [0.1, 0.15) is 27.6 Å². The maximum Gasteiger partial charge on any atom is 0.256 e. The number of anilines is 2. The number of benzene rings is 2. The van der Waals surface area contributed by atoms with Gasteiger partial charge in [-0.1, -0.05) is 36.4 Å². The summed E-state index contributed by atoms with van der Waals surface area (Å²) in [5.41, 5.74) is 0.994. The van der Waals surface area contributed by atoms with Crippen LogP contribution in [0.15, 0.2) is 72.8 Å². The standard InChI is InChI=1S/C23H23N3O4/c1-2-29-13-14-30-19-15-20(25-22(27)17-9-5-3-6-10-17)24-21(16-19)26-23(28)18-11-7-4-8-12-18/h3-12,15-16H,2,13-14H2,1H3,(H2,24,25,26,27,28). The molecule has 0 spiro atoms. The van der Waals surface area contributed by atoms with E-state index in [9.17, 15) is 9.59 Å². The number of aromatic nitrogens is 1. The predicted octanol–water partition coefficient (Wildman–Crippen LogP) is 4.00. The Morgan fingerprint density at radius 3 is 1.77 bits per heavy atom. The van der Waals surface area contributed by atoms with Gasteiger partial charge in [-0.15, -0.1) is 0 Å². The van der Waals surface area contributed by atoms with Crippen molar-refractivity contribution in [2.45, 2.75) is 6.92 Å². The molecule has 3 aromatic rings. The average molecular weight is 405 g/mol. The highest BCUT2D eigenvalue weighted by molar-refractivity contribution is 6.05. The molecular formula is C23H23N3O4. The number of hydrogen-bond donors (Lipinski definition) is 2. The van der Waals surface area contributed by atoms with Gasteiger partial charge in [0.05, 0.1) is 6.61 Å². The van der Waals surface area contributed by atoms with Gasteiger partial charge in [0.25, 0.3) is 11.8 Å². The Balaban J connectivity index is 1.79. The third kappa shape index (κ3) is 6.15. The molecule has 0 unspecified atom stereocenters. The fraction of sp³-hybridized carbons (Fsp3) is 0.174. The lowest BCUT2D eigenvalue weighted by Crippen LogP contribution is -2.16. The van der Waals surface area contributed by atoms with Crippen molar-refractivity contribution < 1.29 is 19.1 Å². The summed E-state index contributed by atoms with van der Waals surface area (Å²) in [6, 6.07) is 20.8. The SMILES string of the molecule is CCOCCOc1cc(NC(=O)c2ccccc2)nc(NC(=O)c2ccccc2)c1. The molecule has 0 fully saturated rings. The van der Waals surface area contributed by atoms with E-state index in [-0.39, 0.29) is 23.5 Å². The van der Waals surface area contributed by atoms with E-state index in [2.05, 4.69) is 15.6 Å². The molecule has 0 saturated heterocycles. The smallest absolute Gasteiger partial charge is 0.256 e. The van der Waals surface area contributed by atoms with Gasteiger partial charge >= 0.3 is 0 Å². The van der Waals surface area contributed by atoms with E-state index in [4.69, 9.17) is 9.47 Å². The van der Waals surface area contributed by atoms with Crippen molar-refractivity contribution in [1.82, 2.24) is 4.98 Å². The zero-order chi connectivity index (χ0) is 21.2. The van der Waals surface area contributed by atoms with Gasteiger partial charge in [-0.25, -0.2) is 4.98 Å². The highest BCUT2D eigenvalue weighted by Crippen LogP contribution is 2.22. The molecular weight excluding hydrogens is 382 g/mol. The zero-order valence-corrected chi connectivity index (χ0v) is 16.6. The number of carbonyl (C=O) groups is 2. The van der Waals surface area contributed by atoms with Gasteiger partial charge in [0.1, 0.15) is 24.0 Å². The molecule has 2 aromatic carbocycles. The van der Waals surface area contributed by atoms with Gasteiger partial charge in [-0.2, -0.15) is 0 Å². The lowest BCUT2D eigenvalue weighted by atomic mass is 10.2. The number of hydrogen-bond acceptors (Lipinski definition) is 5. The number of carbonyl (C=O) groups excluding carboxylic acids is 2. The van der Waals surface area contributed by atoms with Crippen molar-refractivity contribution in [1.29, 1.82) is 0 Å². The number of amides is 2. The third-order valence-corrected chi connectivity index (χ3v) is 4.05. The van der Waals surface area contributed by atoms with Crippen molar-refractivity contribution in [2.75, 3.05) is 30.5 Å². The monoisotopic (exact) mass is 405 g/mol. The minimum Gasteiger partial charge on any atom is -0.491 e. The van der Waals surface area contributed by atoms with Crippen molar-refractivity contribution >= 4 is 23.5 Å². The van der Waals surface area contributed by atoms with Crippen LogP contribution in [-0.4, -0.2) is 36.6 Å². The minimum absolute atomic E-state index is 0.265. The van der Waals surface area contributed by atoms with Crippen LogP contribution in [0.3, 0.4) is 0 Å². The second-order valence-corrected chi connectivity index (χ2v) is 6.26. The molecule has 0 aliphatic carbocycles. The van der Waals surface area contributed by atoms with Crippen LogP contribution in [-0.2, 0) is 4.74 Å². The fourth-order valence-electron chi connectivity index (χ4n) is 2.64. The molecule has 1 heterocycles. The van der Waals surface area contributed by atoms with Gasteiger partial charge in [0.2, 0.25) is 0 Å². The lowest BCUT2D eigenvalue weighted by molar-refractivity contribution is 0.101. The summed E-state index contributed by atoms with van der Waals surface area (Å²) in [7, 11) is 0. The first kappa shape index (κ1) is 21.0. The molecule has 0 bridgehead atoms. The molecule has 30 heavy (non-hydrogen) atoms. The summed E-state index contributed by atoms with van der Waals surface area (Å²) in [6.45, 7) is 3.25. The maximum atomic E-state index is 12.5. The Labute approximate surface area is 175 Å². The second kappa shape index (κ2) is 10.7. The van der Waals surface area contributed by atoms with E-state index in [1.807, 2.05) is 19.1 Å². The number of nitrogens with zero attached hydrogens (tertiary/aromatic N) is 1. The average Bonchev–Trinajstić information content (AvgIpc) is 2.78. The normalized spacial score (nSPS) is 10.3. The van der Waals surface area contributed by atoms with Gasteiger partial charge in [0.15, 0.2) is 0 Å². The molecule has 2 N–H and O–H groups in total. The van der Waals surface area contributed by atoms with Crippen LogP contribution in [0.25, 0.3) is 0 Å². The van der Waals surface area contributed by atoms with Crippen LogP contribution in [0, 0.1) is 0 Å². The summed E-state index contributed by atoms with van der Waals surface area (Å²) in [4.78, 5) is 29.3. The van der Waals surface area contributed by atoms with E-state index in [0.29, 0.717) is 36.7 Å². The Kier molecular flexibility index (Phi) is 7.51. The first-order valence-corrected chi connectivity index (χ1v) is 9.61. The van der Waals surface area contributed by atoms with Crippen LogP contribution in [0.4, 0.5) is 11.6 Å². The summed E-state index contributed by atoms with van der Waals surface area (Å²) in [5, 5.41) is 5.48. The third-order valence-electron chi connectivity index (χ3n) is 4.05. The van der Waals surface area contributed by atoms with Gasteiger partial charge < -0.3 is 20.1 Å². The molecule has 0 aliphatic heterocycles. The number of ether oxygens (including phenoxy) is 2. The molecule has 1 aromatic heterocycles. The molecule has 0 aliphatic rings. The molecule has 0 atom stereocenters.